The van der Waals surface area contributed by atoms with E-state index >= 15 is 0 Å². The van der Waals surface area contributed by atoms with Crippen molar-refractivity contribution >= 4 is 23.2 Å². The van der Waals surface area contributed by atoms with Crippen LogP contribution in [0, 0.1) is 0 Å². The number of amides is 1. The summed E-state index contributed by atoms with van der Waals surface area (Å²) in [6, 6.07) is 14.6. The number of carbonyl (C=O) groups is 1. The van der Waals surface area contributed by atoms with Crippen LogP contribution in [0.3, 0.4) is 0 Å². The monoisotopic (exact) mass is 303 g/mol. The maximum absolute atomic E-state index is 12.5. The van der Waals surface area contributed by atoms with Crippen LogP contribution in [0.5, 0.6) is 5.75 Å². The Labute approximate surface area is 129 Å². The molecule has 110 valence electrons. The molecule has 21 heavy (non-hydrogen) atoms. The van der Waals surface area contributed by atoms with Crippen molar-refractivity contribution in [1.82, 2.24) is 0 Å². The minimum atomic E-state index is -0.648. The van der Waals surface area contributed by atoms with Crippen molar-refractivity contribution in [2.24, 2.45) is 0 Å². The van der Waals surface area contributed by atoms with Gasteiger partial charge in [0, 0.05) is 10.7 Å². The molecule has 0 aliphatic heterocycles. The van der Waals surface area contributed by atoms with Crippen LogP contribution in [-0.2, 0) is 10.2 Å². The van der Waals surface area contributed by atoms with E-state index in [-0.39, 0.29) is 5.91 Å². The van der Waals surface area contributed by atoms with Crippen molar-refractivity contribution < 1.29 is 9.53 Å². The number of ether oxygens (including phenoxy) is 1. The summed E-state index contributed by atoms with van der Waals surface area (Å²) in [5.74, 6) is 0.681. The third-order valence-electron chi connectivity index (χ3n) is 3.48. The second kappa shape index (κ2) is 6.19. The third-order valence-corrected chi connectivity index (χ3v) is 3.73. The van der Waals surface area contributed by atoms with E-state index in [1.165, 1.54) is 0 Å². The minimum absolute atomic E-state index is 0.0741. The van der Waals surface area contributed by atoms with Gasteiger partial charge in [-0.05, 0) is 55.8 Å². The van der Waals surface area contributed by atoms with Gasteiger partial charge in [-0.3, -0.25) is 4.79 Å². The number of hydrogen-bond acceptors (Lipinski definition) is 2. The second-order valence-electron chi connectivity index (χ2n) is 5.31. The zero-order chi connectivity index (χ0) is 15.5. The molecule has 0 heterocycles. The maximum atomic E-state index is 12.5. The van der Waals surface area contributed by atoms with E-state index in [1.54, 1.807) is 19.2 Å². The van der Waals surface area contributed by atoms with Crippen LogP contribution in [0.1, 0.15) is 19.4 Å². The number of nitrogens with one attached hydrogen (secondary N) is 1. The molecule has 0 radical (unpaired) electrons. The Bertz CT molecular complexity index is 618. The fourth-order valence-electron chi connectivity index (χ4n) is 1.96. The lowest BCUT2D eigenvalue weighted by Crippen LogP contribution is -2.34. The zero-order valence-corrected chi connectivity index (χ0v) is 13.1. The Morgan fingerprint density at radius 1 is 1.05 bits per heavy atom. The zero-order valence-electron chi connectivity index (χ0n) is 12.3. The molecule has 0 fully saturated rings. The van der Waals surface area contributed by atoms with E-state index in [0.717, 1.165) is 17.0 Å². The molecule has 0 aliphatic carbocycles. The number of methoxy groups -OCH3 is 1. The SMILES string of the molecule is COc1ccc(NC(=O)C(C)(C)c2ccc(Cl)cc2)cc1. The smallest absolute Gasteiger partial charge is 0.234 e. The van der Waals surface area contributed by atoms with Crippen LogP contribution >= 0.6 is 11.6 Å². The van der Waals surface area contributed by atoms with Crippen molar-refractivity contribution in [1.29, 1.82) is 0 Å². The molecule has 0 aliphatic rings. The van der Waals surface area contributed by atoms with E-state index in [9.17, 15) is 4.79 Å². The molecule has 0 bridgehead atoms. The largest absolute Gasteiger partial charge is 0.497 e. The molecule has 3 nitrogen and oxygen atoms in total. The van der Waals surface area contributed by atoms with Gasteiger partial charge >= 0.3 is 0 Å². The number of anilines is 1. The van der Waals surface area contributed by atoms with Crippen LogP contribution in [-0.4, -0.2) is 13.0 Å². The average molecular weight is 304 g/mol. The quantitative estimate of drug-likeness (QED) is 0.916. The third kappa shape index (κ3) is 3.56. The molecule has 2 aromatic rings. The lowest BCUT2D eigenvalue weighted by Gasteiger charge is -2.24. The summed E-state index contributed by atoms with van der Waals surface area (Å²) in [4.78, 5) is 12.5. The number of benzene rings is 2. The van der Waals surface area contributed by atoms with Crippen LogP contribution in [0.2, 0.25) is 5.02 Å². The van der Waals surface area contributed by atoms with Gasteiger partial charge < -0.3 is 10.1 Å². The lowest BCUT2D eigenvalue weighted by molar-refractivity contribution is -0.120. The fourth-order valence-corrected chi connectivity index (χ4v) is 2.09. The summed E-state index contributed by atoms with van der Waals surface area (Å²) >= 11 is 5.89. The standard InChI is InChI=1S/C17H18ClNO2/c1-17(2,12-4-6-13(18)7-5-12)16(20)19-14-8-10-15(21-3)11-9-14/h4-11H,1-3H3,(H,19,20). The first-order chi connectivity index (χ1) is 9.93. The first-order valence-electron chi connectivity index (χ1n) is 6.65. The number of hydrogen-bond donors (Lipinski definition) is 1. The molecule has 1 N–H and O–H groups in total. The summed E-state index contributed by atoms with van der Waals surface area (Å²) < 4.78 is 5.10. The fraction of sp³-hybridized carbons (Fsp3) is 0.235. The molecule has 4 heteroatoms. The molecule has 0 aromatic heterocycles. The number of carbonyl (C=O) groups excluding carboxylic acids is 1. The van der Waals surface area contributed by atoms with Gasteiger partial charge in [0.1, 0.15) is 5.75 Å². The molecule has 0 saturated heterocycles. The first-order valence-corrected chi connectivity index (χ1v) is 7.03. The molecular weight excluding hydrogens is 286 g/mol. The maximum Gasteiger partial charge on any atom is 0.234 e. The van der Waals surface area contributed by atoms with Crippen LogP contribution < -0.4 is 10.1 Å². The Hall–Kier alpha value is -2.00. The molecule has 0 saturated carbocycles. The highest BCUT2D eigenvalue weighted by atomic mass is 35.5. The summed E-state index contributed by atoms with van der Waals surface area (Å²) in [5, 5.41) is 3.58. The number of halogens is 1. The summed E-state index contributed by atoms with van der Waals surface area (Å²) in [6.07, 6.45) is 0. The molecule has 1 amide bonds. The Morgan fingerprint density at radius 2 is 1.62 bits per heavy atom. The van der Waals surface area contributed by atoms with E-state index in [2.05, 4.69) is 5.32 Å². The topological polar surface area (TPSA) is 38.3 Å². The van der Waals surface area contributed by atoms with Gasteiger partial charge in [-0.15, -0.1) is 0 Å². The average Bonchev–Trinajstić information content (AvgIpc) is 2.48. The highest BCUT2D eigenvalue weighted by Crippen LogP contribution is 2.26. The normalized spacial score (nSPS) is 11.0. The van der Waals surface area contributed by atoms with E-state index in [0.29, 0.717) is 5.02 Å². The second-order valence-corrected chi connectivity index (χ2v) is 5.75. The van der Waals surface area contributed by atoms with E-state index in [1.807, 2.05) is 50.2 Å². The molecule has 0 spiro atoms. The van der Waals surface area contributed by atoms with Crippen molar-refractivity contribution in [3.63, 3.8) is 0 Å². The predicted octanol–water partition coefficient (Wildman–Crippen LogP) is 4.26. The van der Waals surface area contributed by atoms with E-state index < -0.39 is 5.41 Å². The van der Waals surface area contributed by atoms with Gasteiger partial charge in [0.05, 0.1) is 12.5 Å². The Kier molecular flexibility index (Phi) is 4.53. The van der Waals surface area contributed by atoms with Crippen LogP contribution in [0.25, 0.3) is 0 Å². The highest BCUT2D eigenvalue weighted by molar-refractivity contribution is 6.30. The van der Waals surface area contributed by atoms with Crippen molar-refractivity contribution in [3.8, 4) is 5.75 Å². The molecule has 2 aromatic carbocycles. The van der Waals surface area contributed by atoms with Crippen LogP contribution in [0.15, 0.2) is 48.5 Å². The van der Waals surface area contributed by atoms with Crippen molar-refractivity contribution in [2.45, 2.75) is 19.3 Å². The predicted molar refractivity (Wildman–Crippen MR) is 86.1 cm³/mol. The Balaban J connectivity index is 2.15. The van der Waals surface area contributed by atoms with E-state index in [4.69, 9.17) is 16.3 Å². The van der Waals surface area contributed by atoms with Gasteiger partial charge in [-0.1, -0.05) is 23.7 Å². The lowest BCUT2D eigenvalue weighted by atomic mass is 9.83. The van der Waals surface area contributed by atoms with Gasteiger partial charge in [0.25, 0.3) is 0 Å². The van der Waals surface area contributed by atoms with Gasteiger partial charge in [0.15, 0.2) is 0 Å². The van der Waals surface area contributed by atoms with Gasteiger partial charge in [-0.25, -0.2) is 0 Å². The summed E-state index contributed by atoms with van der Waals surface area (Å²) in [7, 11) is 1.61. The summed E-state index contributed by atoms with van der Waals surface area (Å²) in [5.41, 5.74) is 1.01. The molecule has 2 rings (SSSR count). The van der Waals surface area contributed by atoms with Crippen molar-refractivity contribution in [2.75, 3.05) is 12.4 Å². The molecule has 0 atom stereocenters. The minimum Gasteiger partial charge on any atom is -0.497 e. The Morgan fingerprint density at radius 3 is 2.14 bits per heavy atom. The molecule has 0 unspecified atom stereocenters. The van der Waals surface area contributed by atoms with Gasteiger partial charge in [0.2, 0.25) is 5.91 Å². The van der Waals surface area contributed by atoms with Crippen LogP contribution in [0.4, 0.5) is 5.69 Å². The first kappa shape index (κ1) is 15.4. The van der Waals surface area contributed by atoms with Gasteiger partial charge in [-0.2, -0.15) is 0 Å². The highest BCUT2D eigenvalue weighted by Gasteiger charge is 2.29. The van der Waals surface area contributed by atoms with Crippen molar-refractivity contribution in [3.05, 3.63) is 59.1 Å². The molecular formula is C17H18ClNO2. The number of rotatable bonds is 4. The summed E-state index contributed by atoms with van der Waals surface area (Å²) in [6.45, 7) is 3.77.